The average Bonchev–Trinajstić information content (AvgIpc) is 2.46. The van der Waals surface area contributed by atoms with Crippen molar-refractivity contribution in [3.63, 3.8) is 0 Å². The summed E-state index contributed by atoms with van der Waals surface area (Å²) >= 11 is 6.15. The number of nitrogens with two attached hydrogens (primary N) is 1. The summed E-state index contributed by atoms with van der Waals surface area (Å²) in [5.74, 6) is 4.43. The molecule has 0 aromatic heterocycles. The number of nitro benzene ring substituents is 1. The van der Waals surface area contributed by atoms with Gasteiger partial charge in [-0.25, -0.2) is 5.84 Å². The maximum absolute atomic E-state index is 11.5. The molecular weight excluding hydrogens is 284 g/mol. The van der Waals surface area contributed by atoms with Crippen LogP contribution in [0.15, 0.2) is 12.1 Å². The Labute approximate surface area is 120 Å². The zero-order chi connectivity index (χ0) is 14.7. The van der Waals surface area contributed by atoms with Crippen molar-refractivity contribution >= 4 is 28.9 Å². The number of carbonyl (C=O) groups is 1. The first-order valence-corrected chi connectivity index (χ1v) is 6.66. The fourth-order valence-corrected chi connectivity index (χ4v) is 2.70. The van der Waals surface area contributed by atoms with Crippen LogP contribution in [0.1, 0.15) is 29.6 Å². The lowest BCUT2D eigenvalue weighted by Crippen LogP contribution is -2.32. The number of piperidine rings is 1. The molecule has 2 rings (SSSR count). The van der Waals surface area contributed by atoms with Crippen molar-refractivity contribution in [1.82, 2.24) is 5.43 Å². The van der Waals surface area contributed by atoms with E-state index in [4.69, 9.17) is 17.4 Å². The summed E-state index contributed by atoms with van der Waals surface area (Å²) in [6.07, 6.45) is 3.05. The standard InChI is InChI=1S/C12H15ClN4O3/c13-9-6-8(12(18)15-14)7-10(17(19)20)11(9)16-4-2-1-3-5-16/h6-7H,1-5,14H2,(H,15,18). The van der Waals surface area contributed by atoms with Gasteiger partial charge in [0.2, 0.25) is 0 Å². The molecule has 1 saturated heterocycles. The Morgan fingerprint density at radius 1 is 1.35 bits per heavy atom. The van der Waals surface area contributed by atoms with Crippen molar-refractivity contribution in [3.05, 3.63) is 32.8 Å². The summed E-state index contributed by atoms with van der Waals surface area (Å²) in [6.45, 7) is 1.45. The molecule has 108 valence electrons. The lowest BCUT2D eigenvalue weighted by molar-refractivity contribution is -0.384. The Morgan fingerprint density at radius 3 is 2.55 bits per heavy atom. The maximum Gasteiger partial charge on any atom is 0.294 e. The molecule has 0 spiro atoms. The van der Waals surface area contributed by atoms with E-state index in [0.29, 0.717) is 5.69 Å². The highest BCUT2D eigenvalue weighted by Gasteiger charge is 2.26. The van der Waals surface area contributed by atoms with Gasteiger partial charge in [-0.3, -0.25) is 20.3 Å². The number of nitrogens with one attached hydrogen (secondary N) is 1. The predicted molar refractivity (Wildman–Crippen MR) is 75.8 cm³/mol. The summed E-state index contributed by atoms with van der Waals surface area (Å²) in [6, 6.07) is 2.61. The van der Waals surface area contributed by atoms with E-state index >= 15 is 0 Å². The van der Waals surface area contributed by atoms with E-state index in [1.165, 1.54) is 12.1 Å². The van der Waals surface area contributed by atoms with Crippen LogP contribution in [0.3, 0.4) is 0 Å². The minimum absolute atomic E-state index is 0.0740. The smallest absolute Gasteiger partial charge is 0.294 e. The van der Waals surface area contributed by atoms with E-state index in [-0.39, 0.29) is 16.3 Å². The minimum atomic E-state index is -0.611. The van der Waals surface area contributed by atoms with Crippen LogP contribution in [0.2, 0.25) is 5.02 Å². The molecule has 1 amide bonds. The van der Waals surface area contributed by atoms with Crippen LogP contribution in [0.5, 0.6) is 0 Å². The number of rotatable bonds is 3. The molecule has 0 radical (unpaired) electrons. The lowest BCUT2D eigenvalue weighted by atomic mass is 10.1. The van der Waals surface area contributed by atoms with Gasteiger partial charge in [-0.15, -0.1) is 0 Å². The third-order valence-corrected chi connectivity index (χ3v) is 3.59. The van der Waals surface area contributed by atoms with Crippen LogP contribution < -0.4 is 16.2 Å². The van der Waals surface area contributed by atoms with E-state index in [1.807, 2.05) is 10.3 Å². The Hall–Kier alpha value is -1.86. The highest BCUT2D eigenvalue weighted by molar-refractivity contribution is 6.34. The van der Waals surface area contributed by atoms with Crippen molar-refractivity contribution in [2.45, 2.75) is 19.3 Å². The fourth-order valence-electron chi connectivity index (χ4n) is 2.37. The summed E-state index contributed by atoms with van der Waals surface area (Å²) in [7, 11) is 0. The second-order valence-electron chi connectivity index (χ2n) is 4.60. The molecule has 0 aliphatic carbocycles. The number of amides is 1. The van der Waals surface area contributed by atoms with Gasteiger partial charge in [0, 0.05) is 24.7 Å². The molecule has 0 saturated carbocycles. The number of nitrogens with zero attached hydrogens (tertiary/aromatic N) is 2. The number of nitro groups is 1. The van der Waals surface area contributed by atoms with Crippen LogP contribution >= 0.6 is 11.6 Å². The number of carbonyl (C=O) groups excluding carboxylic acids is 1. The highest BCUT2D eigenvalue weighted by Crippen LogP contribution is 2.38. The number of hydrogen-bond donors (Lipinski definition) is 2. The van der Waals surface area contributed by atoms with E-state index in [2.05, 4.69) is 0 Å². The molecular formula is C12H15ClN4O3. The van der Waals surface area contributed by atoms with Crippen LogP contribution in [-0.4, -0.2) is 23.9 Å². The van der Waals surface area contributed by atoms with E-state index in [0.717, 1.165) is 32.4 Å². The van der Waals surface area contributed by atoms with Crippen molar-refractivity contribution in [3.8, 4) is 0 Å². The zero-order valence-corrected chi connectivity index (χ0v) is 11.5. The van der Waals surface area contributed by atoms with Crippen LogP contribution in [0.25, 0.3) is 0 Å². The Kier molecular flexibility index (Phi) is 4.41. The number of nitrogen functional groups attached to an aromatic ring is 1. The first-order chi connectivity index (χ1) is 9.54. The SMILES string of the molecule is NNC(=O)c1cc(Cl)c(N2CCCCC2)c([N+](=O)[O-])c1. The van der Waals surface area contributed by atoms with Gasteiger partial charge in [-0.05, 0) is 25.3 Å². The quantitative estimate of drug-likeness (QED) is 0.384. The molecule has 1 aliphatic rings. The second kappa shape index (κ2) is 6.06. The van der Waals surface area contributed by atoms with Crippen molar-refractivity contribution < 1.29 is 9.72 Å². The van der Waals surface area contributed by atoms with Gasteiger partial charge in [0.1, 0.15) is 5.69 Å². The van der Waals surface area contributed by atoms with Crippen LogP contribution in [0, 0.1) is 10.1 Å². The minimum Gasteiger partial charge on any atom is -0.365 e. The average molecular weight is 299 g/mol. The first-order valence-electron chi connectivity index (χ1n) is 6.28. The molecule has 0 bridgehead atoms. The molecule has 1 fully saturated rings. The van der Waals surface area contributed by atoms with Gasteiger partial charge in [0.05, 0.1) is 9.95 Å². The molecule has 8 heteroatoms. The van der Waals surface area contributed by atoms with Crippen molar-refractivity contribution in [1.29, 1.82) is 0 Å². The van der Waals surface area contributed by atoms with Crippen molar-refractivity contribution in [2.24, 2.45) is 5.84 Å². The predicted octanol–water partition coefficient (Wildman–Crippen LogP) is 1.84. The molecule has 0 atom stereocenters. The molecule has 3 N–H and O–H groups in total. The maximum atomic E-state index is 11.5. The third kappa shape index (κ3) is 2.83. The van der Waals surface area contributed by atoms with Gasteiger partial charge < -0.3 is 4.90 Å². The van der Waals surface area contributed by atoms with Crippen LogP contribution in [-0.2, 0) is 0 Å². The Bertz CT molecular complexity index is 544. The van der Waals surface area contributed by atoms with Gasteiger partial charge in [-0.1, -0.05) is 11.6 Å². The van der Waals surface area contributed by atoms with Crippen molar-refractivity contribution in [2.75, 3.05) is 18.0 Å². The molecule has 20 heavy (non-hydrogen) atoms. The zero-order valence-electron chi connectivity index (χ0n) is 10.8. The van der Waals surface area contributed by atoms with Gasteiger partial charge in [-0.2, -0.15) is 0 Å². The van der Waals surface area contributed by atoms with Crippen LogP contribution in [0.4, 0.5) is 11.4 Å². The number of hydrazine groups is 1. The number of benzene rings is 1. The van der Waals surface area contributed by atoms with E-state index in [1.54, 1.807) is 0 Å². The highest BCUT2D eigenvalue weighted by atomic mass is 35.5. The largest absolute Gasteiger partial charge is 0.365 e. The number of anilines is 1. The molecule has 7 nitrogen and oxygen atoms in total. The molecule has 1 aromatic rings. The normalized spacial score (nSPS) is 15.0. The summed E-state index contributed by atoms with van der Waals surface area (Å²) < 4.78 is 0. The Balaban J connectivity index is 2.49. The summed E-state index contributed by atoms with van der Waals surface area (Å²) in [5, 5.41) is 11.4. The second-order valence-corrected chi connectivity index (χ2v) is 5.01. The lowest BCUT2D eigenvalue weighted by Gasteiger charge is -2.29. The monoisotopic (exact) mass is 298 g/mol. The Morgan fingerprint density at radius 2 is 2.00 bits per heavy atom. The topological polar surface area (TPSA) is 102 Å². The van der Waals surface area contributed by atoms with E-state index < -0.39 is 10.8 Å². The molecule has 1 aliphatic heterocycles. The summed E-state index contributed by atoms with van der Waals surface area (Å²) in [5.41, 5.74) is 2.22. The number of hydrogen-bond acceptors (Lipinski definition) is 5. The number of halogens is 1. The molecule has 1 aromatic carbocycles. The summed E-state index contributed by atoms with van der Waals surface area (Å²) in [4.78, 5) is 24.1. The van der Waals surface area contributed by atoms with Gasteiger partial charge >= 0.3 is 0 Å². The van der Waals surface area contributed by atoms with Gasteiger partial charge in [0.25, 0.3) is 11.6 Å². The van der Waals surface area contributed by atoms with E-state index in [9.17, 15) is 14.9 Å². The molecule has 1 heterocycles. The molecule has 0 unspecified atom stereocenters. The first kappa shape index (κ1) is 14.5. The fraction of sp³-hybridized carbons (Fsp3) is 0.417. The van der Waals surface area contributed by atoms with Gasteiger partial charge in [0.15, 0.2) is 0 Å². The third-order valence-electron chi connectivity index (χ3n) is 3.31.